The van der Waals surface area contributed by atoms with Gasteiger partial charge in [-0.2, -0.15) is 0 Å². The lowest BCUT2D eigenvalue weighted by Crippen LogP contribution is -2.57. The van der Waals surface area contributed by atoms with Crippen LogP contribution in [-0.2, 0) is 27.1 Å². The number of piperidine rings is 1. The average Bonchev–Trinajstić information content (AvgIpc) is 3.48. The summed E-state index contributed by atoms with van der Waals surface area (Å²) in [6, 6.07) is 5.52. The molecule has 40 heavy (non-hydrogen) atoms. The van der Waals surface area contributed by atoms with Crippen LogP contribution in [0.1, 0.15) is 63.1 Å². The van der Waals surface area contributed by atoms with Gasteiger partial charge in [0, 0.05) is 57.2 Å². The standard InChI is InChI=1S/C29H40FN5O4S/c1-2-38-28(37)39-29(22-6-4-3-5-7-22)13-16-35(17-14-29)26(36)25(18-21-8-10-23(30)11-9-21)34-27(40)32-15-12-24-19-31-20-33-24/h8-11,19-20,22,25H,2-7,12-18H2,1H3,(H,31,33)(H2,32,34,40)/t25-/m1/s1. The number of nitrogens with one attached hydrogen (secondary N) is 3. The number of benzene rings is 1. The Morgan fingerprint density at radius 2 is 1.93 bits per heavy atom. The molecule has 2 fully saturated rings. The molecule has 2 aromatic rings. The normalized spacial score (nSPS) is 18.0. The topological polar surface area (TPSA) is 109 Å². The van der Waals surface area contributed by atoms with Crippen molar-refractivity contribution in [3.63, 3.8) is 0 Å². The third-order valence-electron chi connectivity index (χ3n) is 8.01. The van der Waals surface area contributed by atoms with E-state index < -0.39 is 17.8 Å². The lowest BCUT2D eigenvalue weighted by molar-refractivity contribution is -0.142. The number of aromatic nitrogens is 2. The lowest BCUT2D eigenvalue weighted by Gasteiger charge is -2.47. The Labute approximate surface area is 240 Å². The van der Waals surface area contributed by atoms with Crippen LogP contribution in [0.2, 0.25) is 0 Å². The molecule has 4 rings (SSSR count). The number of halogens is 1. The molecule has 1 aromatic heterocycles. The SMILES string of the molecule is CCOC(=O)OC1(C2CCCCC2)CCN(C(=O)[C@@H](Cc2ccc(F)cc2)NC(=S)NCCc2cnc[nH]2)CC1. The van der Waals surface area contributed by atoms with Crippen molar-refractivity contribution in [2.24, 2.45) is 5.92 Å². The molecule has 0 bridgehead atoms. The molecule has 1 aliphatic heterocycles. The van der Waals surface area contributed by atoms with Crippen LogP contribution in [0.5, 0.6) is 0 Å². The second-order valence-electron chi connectivity index (χ2n) is 10.6. The Morgan fingerprint density at radius 3 is 2.58 bits per heavy atom. The van der Waals surface area contributed by atoms with Crippen LogP contribution in [0.15, 0.2) is 36.8 Å². The van der Waals surface area contributed by atoms with Crippen LogP contribution in [0.25, 0.3) is 0 Å². The van der Waals surface area contributed by atoms with Crippen molar-refractivity contribution in [1.29, 1.82) is 0 Å². The van der Waals surface area contributed by atoms with Crippen molar-refractivity contribution in [2.75, 3.05) is 26.2 Å². The molecule has 1 aromatic carbocycles. The highest BCUT2D eigenvalue weighted by atomic mass is 32.1. The molecule has 1 saturated carbocycles. The fraction of sp³-hybridized carbons (Fsp3) is 0.586. The molecule has 0 radical (unpaired) electrons. The van der Waals surface area contributed by atoms with Crippen molar-refractivity contribution in [2.45, 2.75) is 76.4 Å². The molecule has 9 nitrogen and oxygen atoms in total. The van der Waals surface area contributed by atoms with Gasteiger partial charge in [-0.1, -0.05) is 31.4 Å². The summed E-state index contributed by atoms with van der Waals surface area (Å²) in [6.07, 6.45) is 10.4. The minimum absolute atomic E-state index is 0.0876. The molecule has 1 amide bonds. The van der Waals surface area contributed by atoms with Crippen LogP contribution in [0.3, 0.4) is 0 Å². The second-order valence-corrected chi connectivity index (χ2v) is 11.0. The fourth-order valence-electron chi connectivity index (χ4n) is 5.86. The van der Waals surface area contributed by atoms with Gasteiger partial charge in [-0.15, -0.1) is 0 Å². The minimum Gasteiger partial charge on any atom is -0.435 e. The number of carbonyl (C=O) groups is 2. The first-order valence-electron chi connectivity index (χ1n) is 14.3. The minimum atomic E-state index is -0.634. The Morgan fingerprint density at radius 1 is 1.20 bits per heavy atom. The predicted molar refractivity (Wildman–Crippen MR) is 153 cm³/mol. The summed E-state index contributed by atoms with van der Waals surface area (Å²) < 4.78 is 24.7. The van der Waals surface area contributed by atoms with Crippen LogP contribution < -0.4 is 10.6 Å². The van der Waals surface area contributed by atoms with E-state index in [0.29, 0.717) is 50.4 Å². The van der Waals surface area contributed by atoms with E-state index >= 15 is 0 Å². The molecule has 3 N–H and O–H groups in total. The molecule has 0 spiro atoms. The van der Waals surface area contributed by atoms with Gasteiger partial charge in [0.05, 0.1) is 12.9 Å². The summed E-state index contributed by atoms with van der Waals surface area (Å²) in [5.41, 5.74) is 1.19. The van der Waals surface area contributed by atoms with Crippen molar-refractivity contribution >= 4 is 29.4 Å². The number of ether oxygens (including phenoxy) is 2. The third kappa shape index (κ3) is 8.16. The summed E-state index contributed by atoms with van der Waals surface area (Å²) in [4.78, 5) is 35.1. The Hall–Kier alpha value is -3.21. The highest BCUT2D eigenvalue weighted by Crippen LogP contribution is 2.42. The smallest absolute Gasteiger partial charge is 0.435 e. The van der Waals surface area contributed by atoms with Gasteiger partial charge in [0.15, 0.2) is 5.11 Å². The molecule has 1 atom stereocenters. The van der Waals surface area contributed by atoms with Gasteiger partial charge in [0.1, 0.15) is 17.5 Å². The van der Waals surface area contributed by atoms with E-state index in [2.05, 4.69) is 20.6 Å². The lowest BCUT2D eigenvalue weighted by atomic mass is 9.72. The summed E-state index contributed by atoms with van der Waals surface area (Å²) in [7, 11) is 0. The maximum atomic E-state index is 13.8. The molecular formula is C29H40FN5O4S. The number of aromatic amines is 1. The summed E-state index contributed by atoms with van der Waals surface area (Å²) >= 11 is 5.53. The average molecular weight is 574 g/mol. The van der Waals surface area contributed by atoms with Crippen molar-refractivity contribution in [3.05, 3.63) is 53.9 Å². The number of rotatable bonds is 10. The number of likely N-dealkylation sites (tertiary alicyclic amines) is 1. The number of thiocarbonyl (C=S) groups is 1. The van der Waals surface area contributed by atoms with Gasteiger partial charge in [-0.3, -0.25) is 4.79 Å². The van der Waals surface area contributed by atoms with E-state index in [1.165, 1.54) is 18.6 Å². The van der Waals surface area contributed by atoms with E-state index in [0.717, 1.165) is 36.9 Å². The quantitative estimate of drug-likeness (QED) is 0.286. The molecular weight excluding hydrogens is 533 g/mol. The Kier molecular flexibility index (Phi) is 10.7. The van der Waals surface area contributed by atoms with Gasteiger partial charge in [0.25, 0.3) is 0 Å². The van der Waals surface area contributed by atoms with E-state index in [9.17, 15) is 14.0 Å². The number of H-pyrrole nitrogens is 1. The van der Waals surface area contributed by atoms with E-state index in [-0.39, 0.29) is 24.2 Å². The molecule has 1 saturated heterocycles. The number of hydrogen-bond acceptors (Lipinski definition) is 6. The maximum Gasteiger partial charge on any atom is 0.508 e. The first-order chi connectivity index (χ1) is 19.4. The molecule has 11 heteroatoms. The van der Waals surface area contributed by atoms with Crippen molar-refractivity contribution in [3.8, 4) is 0 Å². The molecule has 218 valence electrons. The van der Waals surface area contributed by atoms with E-state index in [1.54, 1.807) is 31.6 Å². The first-order valence-corrected chi connectivity index (χ1v) is 14.7. The molecule has 0 unspecified atom stereocenters. The summed E-state index contributed by atoms with van der Waals surface area (Å²) in [5.74, 6) is -0.148. The number of carbonyl (C=O) groups excluding carboxylic acids is 2. The summed E-state index contributed by atoms with van der Waals surface area (Å²) in [6.45, 7) is 3.54. The fourth-order valence-corrected chi connectivity index (χ4v) is 6.10. The zero-order valence-electron chi connectivity index (χ0n) is 23.1. The van der Waals surface area contributed by atoms with Crippen LogP contribution in [-0.4, -0.2) is 69.9 Å². The maximum absolute atomic E-state index is 13.8. The number of hydrogen-bond donors (Lipinski definition) is 3. The highest BCUT2D eigenvalue weighted by Gasteiger charge is 2.46. The van der Waals surface area contributed by atoms with E-state index in [1.807, 2.05) is 4.90 Å². The number of nitrogens with zero attached hydrogens (tertiary/aromatic N) is 2. The number of imidazole rings is 1. The largest absolute Gasteiger partial charge is 0.508 e. The molecule has 2 aliphatic rings. The molecule has 2 heterocycles. The predicted octanol–water partition coefficient (Wildman–Crippen LogP) is 4.28. The zero-order chi connectivity index (χ0) is 28.4. The van der Waals surface area contributed by atoms with Gasteiger partial charge in [-0.25, -0.2) is 14.2 Å². The third-order valence-corrected chi connectivity index (χ3v) is 8.27. The van der Waals surface area contributed by atoms with Crippen LogP contribution >= 0.6 is 12.2 Å². The van der Waals surface area contributed by atoms with E-state index in [4.69, 9.17) is 21.7 Å². The Balaban J connectivity index is 1.42. The Bertz CT molecular complexity index is 1100. The van der Waals surface area contributed by atoms with Crippen LogP contribution in [0, 0.1) is 11.7 Å². The van der Waals surface area contributed by atoms with Crippen molar-refractivity contribution < 1.29 is 23.5 Å². The van der Waals surface area contributed by atoms with Gasteiger partial charge >= 0.3 is 6.16 Å². The van der Waals surface area contributed by atoms with Crippen molar-refractivity contribution in [1.82, 2.24) is 25.5 Å². The monoisotopic (exact) mass is 573 g/mol. The van der Waals surface area contributed by atoms with Crippen LogP contribution in [0.4, 0.5) is 9.18 Å². The van der Waals surface area contributed by atoms with Gasteiger partial charge < -0.3 is 30.0 Å². The first kappa shape index (κ1) is 29.8. The molecule has 1 aliphatic carbocycles. The second kappa shape index (κ2) is 14.4. The van der Waals surface area contributed by atoms with Gasteiger partial charge in [0.2, 0.25) is 5.91 Å². The summed E-state index contributed by atoms with van der Waals surface area (Å²) in [5, 5.41) is 6.73. The van der Waals surface area contributed by atoms with Gasteiger partial charge in [-0.05, 0) is 55.6 Å². The zero-order valence-corrected chi connectivity index (χ0v) is 23.9. The highest BCUT2D eigenvalue weighted by molar-refractivity contribution is 7.80. The number of amides is 1.